The van der Waals surface area contributed by atoms with Gasteiger partial charge >= 0.3 is 0 Å². The smallest absolute Gasteiger partial charge is 0.118 e. The van der Waals surface area contributed by atoms with E-state index >= 15 is 0 Å². The highest BCUT2D eigenvalue weighted by molar-refractivity contribution is 5.27. The van der Waals surface area contributed by atoms with E-state index in [0.717, 1.165) is 31.8 Å². The highest BCUT2D eigenvalue weighted by Gasteiger charge is 2.11. The van der Waals surface area contributed by atoms with Crippen molar-refractivity contribution in [3.63, 3.8) is 0 Å². The Labute approximate surface area is 90.8 Å². The van der Waals surface area contributed by atoms with Crippen molar-refractivity contribution >= 4 is 0 Å². The third-order valence-corrected chi connectivity index (χ3v) is 2.77. The van der Waals surface area contributed by atoms with Crippen LogP contribution in [0.3, 0.4) is 0 Å². The topological polar surface area (TPSA) is 33.3 Å². The van der Waals surface area contributed by atoms with E-state index in [-0.39, 0.29) is 0 Å². The molecule has 0 saturated carbocycles. The number of methoxy groups -OCH3 is 1. The fourth-order valence-corrected chi connectivity index (χ4v) is 1.90. The summed E-state index contributed by atoms with van der Waals surface area (Å²) in [7, 11) is 1.70. The van der Waals surface area contributed by atoms with Crippen LogP contribution in [0.2, 0.25) is 0 Å². The normalized spacial score (nSPS) is 21.3. The van der Waals surface area contributed by atoms with Gasteiger partial charge in [0.2, 0.25) is 0 Å². The minimum atomic E-state index is 0.562. The Kier molecular flexibility index (Phi) is 3.59. The van der Waals surface area contributed by atoms with Crippen LogP contribution in [0.25, 0.3) is 0 Å². The van der Waals surface area contributed by atoms with Crippen molar-refractivity contribution in [2.24, 2.45) is 0 Å². The van der Waals surface area contributed by atoms with Crippen molar-refractivity contribution in [3.8, 4) is 5.75 Å². The standard InChI is InChI=1S/C12H18N2O/c1-15-12-4-2-10(3-5-12)8-11-9-13-6-7-14-11/h2-5,11,13-14H,6-9H2,1H3. The second-order valence-corrected chi connectivity index (χ2v) is 3.91. The van der Waals surface area contributed by atoms with E-state index in [1.165, 1.54) is 5.56 Å². The zero-order valence-electron chi connectivity index (χ0n) is 9.12. The van der Waals surface area contributed by atoms with Gasteiger partial charge in [-0.2, -0.15) is 0 Å². The van der Waals surface area contributed by atoms with Gasteiger partial charge in [0.25, 0.3) is 0 Å². The van der Waals surface area contributed by atoms with Gasteiger partial charge < -0.3 is 15.4 Å². The summed E-state index contributed by atoms with van der Waals surface area (Å²) < 4.78 is 5.13. The lowest BCUT2D eigenvalue weighted by atomic mass is 10.0. The van der Waals surface area contributed by atoms with Crippen molar-refractivity contribution in [2.75, 3.05) is 26.7 Å². The van der Waals surface area contributed by atoms with E-state index in [0.29, 0.717) is 6.04 Å². The molecule has 0 spiro atoms. The van der Waals surface area contributed by atoms with Crippen molar-refractivity contribution in [1.82, 2.24) is 10.6 Å². The molecular weight excluding hydrogens is 188 g/mol. The Hall–Kier alpha value is -1.06. The van der Waals surface area contributed by atoms with Gasteiger partial charge in [-0.3, -0.25) is 0 Å². The van der Waals surface area contributed by atoms with E-state index in [1.807, 2.05) is 12.1 Å². The van der Waals surface area contributed by atoms with Gasteiger partial charge in [0.05, 0.1) is 7.11 Å². The highest BCUT2D eigenvalue weighted by Crippen LogP contribution is 2.12. The molecule has 0 aromatic heterocycles. The number of hydrogen-bond donors (Lipinski definition) is 2. The first kappa shape index (κ1) is 10.5. The van der Waals surface area contributed by atoms with Crippen molar-refractivity contribution in [3.05, 3.63) is 29.8 Å². The maximum atomic E-state index is 5.13. The molecule has 1 aliphatic rings. The molecule has 0 aliphatic carbocycles. The molecule has 3 heteroatoms. The molecule has 1 saturated heterocycles. The number of rotatable bonds is 3. The average Bonchev–Trinajstić information content (AvgIpc) is 2.31. The molecule has 1 atom stereocenters. The van der Waals surface area contributed by atoms with E-state index in [2.05, 4.69) is 22.8 Å². The van der Waals surface area contributed by atoms with Crippen molar-refractivity contribution in [1.29, 1.82) is 0 Å². The fraction of sp³-hybridized carbons (Fsp3) is 0.500. The summed E-state index contributed by atoms with van der Waals surface area (Å²) in [5, 5.41) is 6.89. The molecule has 1 aromatic rings. The minimum Gasteiger partial charge on any atom is -0.497 e. The Bertz CT molecular complexity index is 291. The van der Waals surface area contributed by atoms with Crippen LogP contribution in [0, 0.1) is 0 Å². The molecule has 0 bridgehead atoms. The van der Waals surface area contributed by atoms with Crippen LogP contribution in [0.15, 0.2) is 24.3 Å². The Morgan fingerprint density at radius 1 is 1.27 bits per heavy atom. The number of nitrogens with one attached hydrogen (secondary N) is 2. The van der Waals surface area contributed by atoms with Crippen LogP contribution < -0.4 is 15.4 Å². The van der Waals surface area contributed by atoms with Gasteiger partial charge in [0, 0.05) is 25.7 Å². The van der Waals surface area contributed by atoms with Gasteiger partial charge in [-0.25, -0.2) is 0 Å². The zero-order valence-corrected chi connectivity index (χ0v) is 9.12. The molecule has 82 valence electrons. The third-order valence-electron chi connectivity index (χ3n) is 2.77. The predicted molar refractivity (Wildman–Crippen MR) is 61.4 cm³/mol. The Morgan fingerprint density at radius 3 is 2.67 bits per heavy atom. The van der Waals surface area contributed by atoms with Gasteiger partial charge in [-0.05, 0) is 24.1 Å². The second-order valence-electron chi connectivity index (χ2n) is 3.91. The first-order valence-corrected chi connectivity index (χ1v) is 5.45. The van der Waals surface area contributed by atoms with E-state index < -0.39 is 0 Å². The largest absolute Gasteiger partial charge is 0.497 e. The maximum absolute atomic E-state index is 5.13. The van der Waals surface area contributed by atoms with Crippen LogP contribution in [0.1, 0.15) is 5.56 Å². The predicted octanol–water partition coefficient (Wildman–Crippen LogP) is 0.799. The zero-order chi connectivity index (χ0) is 10.5. The molecule has 2 rings (SSSR count). The van der Waals surface area contributed by atoms with E-state index in [9.17, 15) is 0 Å². The van der Waals surface area contributed by atoms with Crippen LogP contribution in [-0.4, -0.2) is 32.8 Å². The maximum Gasteiger partial charge on any atom is 0.118 e. The van der Waals surface area contributed by atoms with E-state index in [1.54, 1.807) is 7.11 Å². The lowest BCUT2D eigenvalue weighted by Gasteiger charge is -2.24. The average molecular weight is 206 g/mol. The van der Waals surface area contributed by atoms with Gasteiger partial charge in [-0.1, -0.05) is 12.1 Å². The van der Waals surface area contributed by atoms with Crippen LogP contribution in [0.4, 0.5) is 0 Å². The van der Waals surface area contributed by atoms with Gasteiger partial charge in [-0.15, -0.1) is 0 Å². The molecule has 0 amide bonds. The fourth-order valence-electron chi connectivity index (χ4n) is 1.90. The molecule has 2 N–H and O–H groups in total. The summed E-state index contributed by atoms with van der Waals surface area (Å²) in [5.74, 6) is 0.925. The number of piperazine rings is 1. The van der Waals surface area contributed by atoms with Crippen molar-refractivity contribution < 1.29 is 4.74 Å². The molecule has 3 nitrogen and oxygen atoms in total. The summed E-state index contributed by atoms with van der Waals surface area (Å²) in [6.45, 7) is 3.21. The van der Waals surface area contributed by atoms with Gasteiger partial charge in [0.1, 0.15) is 5.75 Å². The monoisotopic (exact) mass is 206 g/mol. The van der Waals surface area contributed by atoms with Crippen LogP contribution in [-0.2, 0) is 6.42 Å². The lowest BCUT2D eigenvalue weighted by Crippen LogP contribution is -2.49. The third kappa shape index (κ3) is 2.94. The number of ether oxygens (including phenoxy) is 1. The van der Waals surface area contributed by atoms with E-state index in [4.69, 9.17) is 4.74 Å². The molecule has 1 aromatic carbocycles. The molecule has 1 fully saturated rings. The summed E-state index contributed by atoms with van der Waals surface area (Å²) in [5.41, 5.74) is 1.36. The summed E-state index contributed by atoms with van der Waals surface area (Å²) in [4.78, 5) is 0. The molecule has 1 aliphatic heterocycles. The molecule has 15 heavy (non-hydrogen) atoms. The molecule has 1 heterocycles. The number of benzene rings is 1. The Balaban J connectivity index is 1.91. The molecular formula is C12H18N2O. The van der Waals surface area contributed by atoms with Gasteiger partial charge in [0.15, 0.2) is 0 Å². The molecule has 1 unspecified atom stereocenters. The van der Waals surface area contributed by atoms with Crippen LogP contribution >= 0.6 is 0 Å². The molecule has 0 radical (unpaired) electrons. The lowest BCUT2D eigenvalue weighted by molar-refractivity contribution is 0.411. The number of hydrogen-bond acceptors (Lipinski definition) is 3. The first-order valence-electron chi connectivity index (χ1n) is 5.45. The SMILES string of the molecule is COc1ccc(CC2CNCCN2)cc1. The second kappa shape index (κ2) is 5.14. The summed E-state index contributed by atoms with van der Waals surface area (Å²) in [6, 6.07) is 8.87. The highest BCUT2D eigenvalue weighted by atomic mass is 16.5. The Morgan fingerprint density at radius 2 is 2.07 bits per heavy atom. The quantitative estimate of drug-likeness (QED) is 0.767. The van der Waals surface area contributed by atoms with Crippen molar-refractivity contribution in [2.45, 2.75) is 12.5 Å². The summed E-state index contributed by atoms with van der Waals surface area (Å²) in [6.07, 6.45) is 1.08. The van der Waals surface area contributed by atoms with Crippen LogP contribution in [0.5, 0.6) is 5.75 Å². The summed E-state index contributed by atoms with van der Waals surface area (Å²) >= 11 is 0. The minimum absolute atomic E-state index is 0.562. The first-order chi connectivity index (χ1) is 7.38.